The first-order chi connectivity index (χ1) is 17.6. The van der Waals surface area contributed by atoms with Crippen LogP contribution in [0.15, 0.2) is 48.5 Å². The molecule has 37 heavy (non-hydrogen) atoms. The topological polar surface area (TPSA) is 141 Å². The molecule has 0 aliphatic rings. The molecule has 0 saturated heterocycles. The van der Waals surface area contributed by atoms with Crippen LogP contribution in [0.5, 0.6) is 5.75 Å². The fraction of sp³-hybridized carbons (Fsp3) is 0.308. The molecule has 0 fully saturated rings. The number of methoxy groups -OCH3 is 1. The highest BCUT2D eigenvalue weighted by molar-refractivity contribution is 7.09. The second-order valence-corrected chi connectivity index (χ2v) is 9.62. The molecule has 0 radical (unpaired) electrons. The highest BCUT2D eigenvalue weighted by atomic mass is 32.1. The monoisotopic (exact) mass is 527 g/mol. The summed E-state index contributed by atoms with van der Waals surface area (Å²) in [5.41, 5.74) is 12.1. The third kappa shape index (κ3) is 6.82. The van der Waals surface area contributed by atoms with Crippen LogP contribution in [0.25, 0.3) is 0 Å². The van der Waals surface area contributed by atoms with Crippen molar-refractivity contribution in [1.29, 1.82) is 0 Å². The minimum Gasteiger partial charge on any atom is -0.497 e. The summed E-state index contributed by atoms with van der Waals surface area (Å²) in [7, 11) is 1.52. The van der Waals surface area contributed by atoms with Crippen molar-refractivity contribution in [3.8, 4) is 5.75 Å². The number of nitrogens with one attached hydrogen (secondary N) is 1. The first-order valence-electron chi connectivity index (χ1n) is 11.6. The summed E-state index contributed by atoms with van der Waals surface area (Å²) in [4.78, 5) is 40.5. The number of nitrogen functional groups attached to an aromatic ring is 1. The van der Waals surface area contributed by atoms with Gasteiger partial charge in [0.1, 0.15) is 22.5 Å². The Labute approximate surface area is 218 Å². The molecule has 3 rings (SSSR count). The number of hydrogen-bond donors (Lipinski definition) is 3. The molecule has 2 aromatic carbocycles. The minimum absolute atomic E-state index is 0.0150. The van der Waals surface area contributed by atoms with Crippen LogP contribution in [0.2, 0.25) is 0 Å². The average molecular weight is 528 g/mol. The molecule has 0 bridgehead atoms. The third-order valence-electron chi connectivity index (χ3n) is 5.67. The number of hydrogen-bond acceptors (Lipinski definition) is 7. The van der Waals surface area contributed by atoms with Gasteiger partial charge in [-0.1, -0.05) is 38.1 Å². The second kappa shape index (κ2) is 12.3. The van der Waals surface area contributed by atoms with Crippen LogP contribution >= 0.6 is 11.5 Å². The molecule has 0 aliphatic heterocycles. The van der Waals surface area contributed by atoms with Gasteiger partial charge in [0.25, 0.3) is 11.8 Å². The largest absolute Gasteiger partial charge is 0.497 e. The SMILES string of the molecule is COc1cccc(CN(C(=O)c2snc(C(N)=O)c2N)[C@H](C(=O)NCCC(C)C)c2ccc(F)cc2)c1. The number of halogens is 1. The quantitative estimate of drug-likeness (QED) is 0.349. The molecule has 0 spiro atoms. The number of rotatable bonds is 11. The van der Waals surface area contributed by atoms with Crippen molar-refractivity contribution >= 4 is 34.9 Å². The Kier molecular flexibility index (Phi) is 9.18. The van der Waals surface area contributed by atoms with Crippen LogP contribution in [-0.4, -0.2) is 40.6 Å². The van der Waals surface area contributed by atoms with E-state index in [1.165, 1.54) is 36.3 Å². The van der Waals surface area contributed by atoms with Gasteiger partial charge in [-0.15, -0.1) is 0 Å². The fourth-order valence-corrected chi connectivity index (χ4v) is 4.47. The Morgan fingerprint density at radius 3 is 2.46 bits per heavy atom. The normalized spacial score (nSPS) is 11.7. The van der Waals surface area contributed by atoms with Crippen LogP contribution in [-0.2, 0) is 11.3 Å². The van der Waals surface area contributed by atoms with Crippen LogP contribution < -0.4 is 21.5 Å². The number of benzene rings is 2. The number of nitrogens with two attached hydrogens (primary N) is 2. The van der Waals surface area contributed by atoms with Gasteiger partial charge < -0.3 is 26.4 Å². The predicted octanol–water partition coefficient (Wildman–Crippen LogP) is 3.52. The lowest BCUT2D eigenvalue weighted by atomic mass is 10.0. The smallest absolute Gasteiger partial charge is 0.270 e. The van der Waals surface area contributed by atoms with Crippen molar-refractivity contribution in [2.24, 2.45) is 11.7 Å². The number of carbonyl (C=O) groups excluding carboxylic acids is 3. The lowest BCUT2D eigenvalue weighted by molar-refractivity contribution is -0.126. The molecule has 1 aromatic heterocycles. The maximum absolute atomic E-state index is 13.9. The number of aromatic nitrogens is 1. The fourth-order valence-electron chi connectivity index (χ4n) is 3.71. The molecule has 196 valence electrons. The standard InChI is InChI=1S/C26H30FN5O4S/c1-15(2)11-12-30-25(34)22(17-7-9-18(27)10-8-17)32(14-16-5-4-6-19(13-16)36-3)26(35)23-20(28)21(24(29)33)31-37-23/h4-10,13,15,22H,11-12,14,28H2,1-3H3,(H2,29,33)(H,30,34)/t22-/m0/s1. The first kappa shape index (κ1) is 27.6. The zero-order valence-electron chi connectivity index (χ0n) is 20.9. The molecule has 9 nitrogen and oxygen atoms in total. The first-order valence-corrected chi connectivity index (χ1v) is 12.4. The predicted molar refractivity (Wildman–Crippen MR) is 140 cm³/mol. The van der Waals surface area contributed by atoms with E-state index >= 15 is 0 Å². The summed E-state index contributed by atoms with van der Waals surface area (Å²) in [6, 6.07) is 11.3. The van der Waals surface area contributed by atoms with E-state index in [4.69, 9.17) is 16.2 Å². The lowest BCUT2D eigenvalue weighted by Crippen LogP contribution is -2.43. The van der Waals surface area contributed by atoms with Gasteiger partial charge in [-0.2, -0.15) is 4.37 Å². The molecule has 3 amide bonds. The Morgan fingerprint density at radius 1 is 1.16 bits per heavy atom. The van der Waals surface area contributed by atoms with E-state index in [0.717, 1.165) is 18.0 Å². The van der Waals surface area contributed by atoms with E-state index in [-0.39, 0.29) is 22.8 Å². The Morgan fingerprint density at radius 2 is 1.86 bits per heavy atom. The maximum atomic E-state index is 13.9. The van der Waals surface area contributed by atoms with Gasteiger partial charge in [-0.3, -0.25) is 14.4 Å². The molecule has 1 atom stereocenters. The minimum atomic E-state index is -1.13. The van der Waals surface area contributed by atoms with E-state index in [0.29, 0.717) is 29.3 Å². The zero-order chi connectivity index (χ0) is 27.1. The molecule has 1 heterocycles. The molecule has 11 heteroatoms. The summed E-state index contributed by atoms with van der Waals surface area (Å²) in [5.74, 6) is -1.50. The van der Waals surface area contributed by atoms with E-state index in [1.807, 2.05) is 13.8 Å². The van der Waals surface area contributed by atoms with Crippen molar-refractivity contribution < 1.29 is 23.5 Å². The molecular weight excluding hydrogens is 497 g/mol. The van der Waals surface area contributed by atoms with Crippen molar-refractivity contribution in [1.82, 2.24) is 14.6 Å². The molecule has 0 unspecified atom stereocenters. The van der Waals surface area contributed by atoms with E-state index < -0.39 is 29.6 Å². The number of amides is 3. The summed E-state index contributed by atoms with van der Waals surface area (Å²) < 4.78 is 23.0. The highest BCUT2D eigenvalue weighted by Crippen LogP contribution is 2.31. The average Bonchev–Trinajstić information content (AvgIpc) is 3.25. The van der Waals surface area contributed by atoms with E-state index in [9.17, 15) is 18.8 Å². The van der Waals surface area contributed by atoms with Crippen LogP contribution in [0, 0.1) is 11.7 Å². The van der Waals surface area contributed by atoms with Gasteiger partial charge in [0.05, 0.1) is 12.8 Å². The summed E-state index contributed by atoms with van der Waals surface area (Å²) in [5, 5.41) is 2.89. The van der Waals surface area contributed by atoms with E-state index in [1.54, 1.807) is 24.3 Å². The number of carbonyl (C=O) groups is 3. The zero-order valence-corrected chi connectivity index (χ0v) is 21.7. The summed E-state index contributed by atoms with van der Waals surface area (Å²) in [6.07, 6.45) is 0.732. The second-order valence-electron chi connectivity index (χ2n) is 8.85. The van der Waals surface area contributed by atoms with E-state index in [2.05, 4.69) is 9.69 Å². The maximum Gasteiger partial charge on any atom is 0.270 e. The highest BCUT2D eigenvalue weighted by Gasteiger charge is 2.35. The Hall–Kier alpha value is -3.99. The van der Waals surface area contributed by atoms with Crippen molar-refractivity contribution in [2.45, 2.75) is 32.9 Å². The van der Waals surface area contributed by atoms with Gasteiger partial charge in [-0.25, -0.2) is 4.39 Å². The van der Waals surface area contributed by atoms with Gasteiger partial charge in [-0.05, 0) is 59.3 Å². The number of primary amides is 1. The van der Waals surface area contributed by atoms with Crippen LogP contribution in [0.4, 0.5) is 10.1 Å². The summed E-state index contributed by atoms with van der Waals surface area (Å²) in [6.45, 7) is 4.44. The van der Waals surface area contributed by atoms with Crippen molar-refractivity contribution in [3.05, 3.63) is 76.0 Å². The molecule has 5 N–H and O–H groups in total. The molecule has 3 aromatic rings. The van der Waals surface area contributed by atoms with Crippen LogP contribution in [0.1, 0.15) is 57.6 Å². The Balaban J connectivity index is 2.10. The number of ether oxygens (including phenoxy) is 1. The summed E-state index contributed by atoms with van der Waals surface area (Å²) >= 11 is 0.724. The molecular formula is C26H30FN5O4S. The van der Waals surface area contributed by atoms with Gasteiger partial charge in [0.2, 0.25) is 5.91 Å². The van der Waals surface area contributed by atoms with Gasteiger partial charge in [0.15, 0.2) is 5.69 Å². The van der Waals surface area contributed by atoms with Crippen LogP contribution in [0.3, 0.4) is 0 Å². The number of nitrogens with zero attached hydrogens (tertiary/aromatic N) is 2. The lowest BCUT2D eigenvalue weighted by Gasteiger charge is -2.31. The van der Waals surface area contributed by atoms with Gasteiger partial charge >= 0.3 is 0 Å². The van der Waals surface area contributed by atoms with Crippen molar-refractivity contribution in [3.63, 3.8) is 0 Å². The van der Waals surface area contributed by atoms with Gasteiger partial charge in [0, 0.05) is 13.1 Å². The Bertz CT molecular complexity index is 1260. The third-order valence-corrected chi connectivity index (χ3v) is 6.52. The molecule has 0 aliphatic carbocycles. The van der Waals surface area contributed by atoms with Crippen molar-refractivity contribution in [2.75, 3.05) is 19.4 Å². The number of anilines is 1. The molecule has 0 saturated carbocycles.